The summed E-state index contributed by atoms with van der Waals surface area (Å²) in [5.41, 5.74) is 7.99. The van der Waals surface area contributed by atoms with Gasteiger partial charge in [-0.1, -0.05) is 0 Å². The van der Waals surface area contributed by atoms with Crippen LogP contribution in [0, 0.1) is 0 Å². The van der Waals surface area contributed by atoms with E-state index in [1.54, 1.807) is 0 Å². The maximum Gasteiger partial charge on any atom is 0.371 e. The van der Waals surface area contributed by atoms with Gasteiger partial charge in [0.1, 0.15) is 4.90 Å². The SMILES string of the molecule is [N-]=[N+]=NS(=O)(=O)c1cc(C(=O)O)oc1Br. The lowest BCUT2D eigenvalue weighted by molar-refractivity contribution is 0.0661. The summed E-state index contributed by atoms with van der Waals surface area (Å²) in [5, 5.41) is 8.51. The third-order valence-electron chi connectivity index (χ3n) is 1.29. The minimum absolute atomic E-state index is 0.327. The fraction of sp³-hybridized carbons (Fsp3) is 0. The zero-order valence-electron chi connectivity index (χ0n) is 6.79. The van der Waals surface area contributed by atoms with Crippen molar-refractivity contribution in [3.8, 4) is 0 Å². The first-order valence-electron chi connectivity index (χ1n) is 3.22. The van der Waals surface area contributed by atoms with Crippen molar-refractivity contribution in [2.75, 3.05) is 0 Å². The van der Waals surface area contributed by atoms with Crippen LogP contribution < -0.4 is 0 Å². The van der Waals surface area contributed by atoms with Crippen LogP contribution in [0.1, 0.15) is 10.6 Å². The Hall–Kier alpha value is -1.51. The Bertz CT molecular complexity index is 555. The molecule has 0 aromatic carbocycles. The van der Waals surface area contributed by atoms with Gasteiger partial charge in [-0.2, -0.15) is 0 Å². The number of carboxylic acid groups (broad SMARTS) is 1. The smallest absolute Gasteiger partial charge is 0.371 e. The molecule has 0 fully saturated rings. The lowest BCUT2D eigenvalue weighted by atomic mass is 10.5. The van der Waals surface area contributed by atoms with E-state index in [1.807, 2.05) is 0 Å². The number of hydrogen-bond donors (Lipinski definition) is 1. The summed E-state index contributed by atoms with van der Waals surface area (Å²) < 4.78 is 29.1. The highest BCUT2D eigenvalue weighted by Crippen LogP contribution is 2.27. The molecule has 0 aliphatic heterocycles. The van der Waals surface area contributed by atoms with Crippen molar-refractivity contribution in [3.63, 3.8) is 0 Å². The highest BCUT2D eigenvalue weighted by molar-refractivity contribution is 9.10. The van der Waals surface area contributed by atoms with Gasteiger partial charge in [-0.05, 0) is 21.5 Å². The summed E-state index contributed by atoms with van der Waals surface area (Å²) in [6.07, 6.45) is 0. The highest BCUT2D eigenvalue weighted by atomic mass is 79.9. The second kappa shape index (κ2) is 3.93. The van der Waals surface area contributed by atoms with E-state index in [0.717, 1.165) is 6.07 Å². The van der Waals surface area contributed by atoms with E-state index < -0.39 is 26.6 Å². The van der Waals surface area contributed by atoms with Gasteiger partial charge in [0.05, 0.1) is 0 Å². The highest BCUT2D eigenvalue weighted by Gasteiger charge is 2.23. The number of sulfonamides is 1. The van der Waals surface area contributed by atoms with Gasteiger partial charge in [-0.15, -0.1) is 0 Å². The van der Waals surface area contributed by atoms with Gasteiger partial charge < -0.3 is 9.52 Å². The molecule has 0 saturated carbocycles. The number of aromatic carboxylic acids is 1. The predicted octanol–water partition coefficient (Wildman–Crippen LogP) is 1.74. The maximum absolute atomic E-state index is 11.2. The molecule has 0 saturated heterocycles. The topological polar surface area (TPSA) is 133 Å². The summed E-state index contributed by atoms with van der Waals surface area (Å²) in [4.78, 5) is 12.0. The maximum atomic E-state index is 11.2. The van der Waals surface area contributed by atoms with E-state index in [4.69, 9.17) is 10.6 Å². The van der Waals surface area contributed by atoms with Gasteiger partial charge in [0, 0.05) is 15.5 Å². The predicted molar refractivity (Wildman–Crippen MR) is 49.7 cm³/mol. The van der Waals surface area contributed by atoms with Gasteiger partial charge >= 0.3 is 5.97 Å². The minimum Gasteiger partial charge on any atom is -0.475 e. The molecule has 0 atom stereocenters. The summed E-state index contributed by atoms with van der Waals surface area (Å²) in [6.45, 7) is 0. The molecular weight excluding hydrogens is 294 g/mol. The number of nitrogens with zero attached hydrogens (tertiary/aromatic N) is 3. The summed E-state index contributed by atoms with van der Waals surface area (Å²) in [5.74, 6) is -2.01. The first-order valence-corrected chi connectivity index (χ1v) is 5.46. The number of halogens is 1. The van der Waals surface area contributed by atoms with Crippen molar-refractivity contribution in [2.45, 2.75) is 4.90 Å². The lowest BCUT2D eigenvalue weighted by Crippen LogP contribution is -1.95. The number of rotatable bonds is 3. The van der Waals surface area contributed by atoms with E-state index in [-0.39, 0.29) is 4.67 Å². The van der Waals surface area contributed by atoms with E-state index in [0.29, 0.717) is 0 Å². The van der Waals surface area contributed by atoms with Gasteiger partial charge in [-0.3, -0.25) is 0 Å². The van der Waals surface area contributed by atoms with E-state index in [1.165, 1.54) is 0 Å². The number of azide groups is 1. The van der Waals surface area contributed by atoms with Crippen molar-refractivity contribution >= 4 is 31.9 Å². The Labute approximate surface area is 91.3 Å². The standard InChI is InChI=1S/C5H2BrN3O5S/c6-4-3(15(12,13)9-8-7)1-2(14-4)5(10)11/h1H,(H,10,11). The molecule has 80 valence electrons. The molecule has 8 nitrogen and oxygen atoms in total. The molecule has 10 heteroatoms. The molecule has 1 aromatic heterocycles. The number of hydrogen-bond acceptors (Lipinski definition) is 4. The number of furan rings is 1. The number of carboxylic acids is 1. The molecule has 15 heavy (non-hydrogen) atoms. The molecule has 0 amide bonds. The molecule has 0 aliphatic rings. The fourth-order valence-electron chi connectivity index (χ4n) is 0.725. The molecule has 1 rings (SSSR count). The molecule has 1 heterocycles. The van der Waals surface area contributed by atoms with Crippen molar-refractivity contribution < 1.29 is 22.7 Å². The zero-order valence-corrected chi connectivity index (χ0v) is 9.19. The van der Waals surface area contributed by atoms with Crippen LogP contribution in [0.4, 0.5) is 0 Å². The Balaban J connectivity index is 3.40. The van der Waals surface area contributed by atoms with Crippen LogP contribution in [0.5, 0.6) is 0 Å². The van der Waals surface area contributed by atoms with Crippen molar-refractivity contribution in [2.24, 2.45) is 4.52 Å². The molecular formula is C5H2BrN3O5S. The molecule has 0 unspecified atom stereocenters. The largest absolute Gasteiger partial charge is 0.475 e. The molecule has 0 radical (unpaired) electrons. The van der Waals surface area contributed by atoms with Crippen molar-refractivity contribution in [1.29, 1.82) is 0 Å². The summed E-state index contributed by atoms with van der Waals surface area (Å²) in [6, 6.07) is 0.746. The molecule has 1 aromatic rings. The Morgan fingerprint density at radius 3 is 2.67 bits per heavy atom. The van der Waals surface area contributed by atoms with E-state index >= 15 is 0 Å². The van der Waals surface area contributed by atoms with Gasteiger partial charge in [0.25, 0.3) is 10.0 Å². The Kier molecular flexibility index (Phi) is 3.03. The van der Waals surface area contributed by atoms with Gasteiger partial charge in [-0.25, -0.2) is 13.2 Å². The average Bonchev–Trinajstić information content (AvgIpc) is 2.47. The zero-order chi connectivity index (χ0) is 11.6. The third kappa shape index (κ3) is 2.29. The van der Waals surface area contributed by atoms with Gasteiger partial charge in [0.2, 0.25) is 5.76 Å². The minimum atomic E-state index is -4.25. The first kappa shape index (κ1) is 11.6. The summed E-state index contributed by atoms with van der Waals surface area (Å²) >= 11 is 2.70. The second-order valence-electron chi connectivity index (χ2n) is 2.20. The van der Waals surface area contributed by atoms with Crippen LogP contribution in [0.25, 0.3) is 10.4 Å². The molecule has 1 N–H and O–H groups in total. The van der Waals surface area contributed by atoms with Crippen LogP contribution >= 0.6 is 15.9 Å². The average molecular weight is 296 g/mol. The fourth-order valence-corrected chi connectivity index (χ4v) is 2.31. The molecule has 0 aliphatic carbocycles. The van der Waals surface area contributed by atoms with Crippen LogP contribution in [0.3, 0.4) is 0 Å². The van der Waals surface area contributed by atoms with Crippen molar-refractivity contribution in [1.82, 2.24) is 0 Å². The van der Waals surface area contributed by atoms with Crippen LogP contribution in [-0.4, -0.2) is 19.5 Å². The van der Waals surface area contributed by atoms with E-state index in [9.17, 15) is 13.2 Å². The van der Waals surface area contributed by atoms with Crippen LogP contribution in [0.2, 0.25) is 0 Å². The third-order valence-corrected chi connectivity index (χ3v) is 3.29. The second-order valence-corrected chi connectivity index (χ2v) is 4.47. The normalized spacial score (nSPS) is 10.7. The first-order chi connectivity index (χ1) is 6.88. The van der Waals surface area contributed by atoms with Crippen LogP contribution in [-0.2, 0) is 10.0 Å². The lowest BCUT2D eigenvalue weighted by Gasteiger charge is -1.89. The Morgan fingerprint density at radius 1 is 1.67 bits per heavy atom. The van der Waals surface area contributed by atoms with E-state index in [2.05, 4.69) is 29.8 Å². The van der Waals surface area contributed by atoms with Crippen LogP contribution in [0.15, 0.2) is 24.6 Å². The Morgan fingerprint density at radius 2 is 2.27 bits per heavy atom. The van der Waals surface area contributed by atoms with Crippen molar-refractivity contribution in [3.05, 3.63) is 26.9 Å². The van der Waals surface area contributed by atoms with Gasteiger partial charge in [0.15, 0.2) is 4.67 Å². The monoisotopic (exact) mass is 295 g/mol. The number of carbonyl (C=O) groups is 1. The summed E-state index contributed by atoms with van der Waals surface area (Å²) in [7, 11) is -4.25. The molecule has 0 spiro atoms. The quantitative estimate of drug-likeness (QED) is 0.515. The molecule has 0 bridgehead atoms.